The number of hydrogen-bond acceptors (Lipinski definition) is 4. The molecule has 3 aromatic carbocycles. The summed E-state index contributed by atoms with van der Waals surface area (Å²) in [5.74, 6) is 0.766. The number of hydrogen-bond donors (Lipinski definition) is 2. The Kier molecular flexibility index (Phi) is 5.30. The molecule has 0 aliphatic carbocycles. The Balaban J connectivity index is 1.68. The van der Waals surface area contributed by atoms with Gasteiger partial charge in [-0.2, -0.15) is 0 Å². The summed E-state index contributed by atoms with van der Waals surface area (Å²) in [6.07, 6.45) is 0.602. The number of rotatable bonds is 5. The molecule has 2 N–H and O–H groups in total. The molecule has 0 saturated carbocycles. The predicted octanol–water partition coefficient (Wildman–Crippen LogP) is 4.06. The van der Waals surface area contributed by atoms with Gasteiger partial charge in [-0.1, -0.05) is 48.0 Å². The van der Waals surface area contributed by atoms with Crippen molar-refractivity contribution in [1.29, 1.82) is 0 Å². The van der Waals surface area contributed by atoms with E-state index >= 15 is 0 Å². The molecule has 0 unspecified atom stereocenters. The van der Waals surface area contributed by atoms with Crippen molar-refractivity contribution in [3.8, 4) is 5.75 Å². The second-order valence-corrected chi connectivity index (χ2v) is 9.01. The van der Waals surface area contributed by atoms with Gasteiger partial charge < -0.3 is 10.1 Å². The van der Waals surface area contributed by atoms with Gasteiger partial charge in [0.2, 0.25) is 10.0 Å². The number of methoxy groups -OCH3 is 1. The topological polar surface area (TPSA) is 67.4 Å². The second kappa shape index (κ2) is 7.89. The van der Waals surface area contributed by atoms with Gasteiger partial charge in [-0.05, 0) is 54.8 Å². The summed E-state index contributed by atoms with van der Waals surface area (Å²) in [5.41, 5.74) is 4.14. The fourth-order valence-electron chi connectivity index (χ4n) is 3.68. The summed E-state index contributed by atoms with van der Waals surface area (Å²) in [4.78, 5) is 0.274. The Morgan fingerprint density at radius 1 is 0.966 bits per heavy atom. The van der Waals surface area contributed by atoms with Gasteiger partial charge in [0.05, 0.1) is 24.1 Å². The lowest BCUT2D eigenvalue weighted by Gasteiger charge is -2.35. The first-order valence-corrected chi connectivity index (χ1v) is 11.0. The first kappa shape index (κ1) is 19.5. The lowest BCUT2D eigenvalue weighted by Crippen LogP contribution is -2.45. The normalized spacial score (nSPS) is 18.6. The maximum absolute atomic E-state index is 13.0. The summed E-state index contributed by atoms with van der Waals surface area (Å²) < 4.78 is 34.3. The van der Waals surface area contributed by atoms with E-state index in [1.807, 2.05) is 67.6 Å². The maximum Gasteiger partial charge on any atom is 0.240 e. The van der Waals surface area contributed by atoms with E-state index in [1.165, 1.54) is 0 Å². The van der Waals surface area contributed by atoms with Gasteiger partial charge in [-0.3, -0.25) is 0 Å². The highest BCUT2D eigenvalue weighted by atomic mass is 32.2. The molecule has 0 amide bonds. The Labute approximate surface area is 171 Å². The molecule has 1 heterocycles. The maximum atomic E-state index is 13.0. The third kappa shape index (κ3) is 4.13. The number of fused-ring (bicyclic) bond motifs is 1. The number of para-hydroxylation sites is 1. The van der Waals surface area contributed by atoms with E-state index < -0.39 is 10.0 Å². The quantitative estimate of drug-likeness (QED) is 0.668. The van der Waals surface area contributed by atoms with Gasteiger partial charge in [0, 0.05) is 5.69 Å². The number of ether oxygens (including phenoxy) is 1. The highest BCUT2D eigenvalue weighted by molar-refractivity contribution is 7.89. The highest BCUT2D eigenvalue weighted by Gasteiger charge is 2.32. The fourth-order valence-corrected chi connectivity index (χ4v) is 4.93. The standard InChI is InChI=1S/C23H24N2O3S/c1-16-7-13-20(14-8-16)29(26,27)25-22-15-18-5-3-4-6-21(18)24-23(22)17-9-11-19(28-2)12-10-17/h3-14,22-25H,15H2,1-2H3/t22-,23-/m1/s1. The van der Waals surface area contributed by atoms with Crippen LogP contribution in [0.2, 0.25) is 0 Å². The van der Waals surface area contributed by atoms with Gasteiger partial charge in [0.25, 0.3) is 0 Å². The minimum Gasteiger partial charge on any atom is -0.497 e. The monoisotopic (exact) mass is 408 g/mol. The third-order valence-corrected chi connectivity index (χ3v) is 6.79. The van der Waals surface area contributed by atoms with E-state index in [4.69, 9.17) is 4.74 Å². The molecule has 5 nitrogen and oxygen atoms in total. The van der Waals surface area contributed by atoms with Gasteiger partial charge in [-0.15, -0.1) is 0 Å². The molecule has 0 bridgehead atoms. The number of aryl methyl sites for hydroxylation is 1. The Morgan fingerprint density at radius 2 is 1.66 bits per heavy atom. The van der Waals surface area contributed by atoms with E-state index in [2.05, 4.69) is 10.0 Å². The van der Waals surface area contributed by atoms with Crippen molar-refractivity contribution < 1.29 is 13.2 Å². The largest absolute Gasteiger partial charge is 0.497 e. The fraction of sp³-hybridized carbons (Fsp3) is 0.217. The van der Waals surface area contributed by atoms with Crippen molar-refractivity contribution in [3.05, 3.63) is 89.5 Å². The van der Waals surface area contributed by atoms with Gasteiger partial charge in [0.15, 0.2) is 0 Å². The average molecular weight is 409 g/mol. The minimum atomic E-state index is -3.65. The zero-order valence-corrected chi connectivity index (χ0v) is 17.2. The Hall–Kier alpha value is -2.83. The van der Waals surface area contributed by atoms with Crippen molar-refractivity contribution in [1.82, 2.24) is 4.72 Å². The molecule has 1 aliphatic rings. The molecular weight excluding hydrogens is 384 g/mol. The van der Waals surface area contributed by atoms with E-state index in [0.29, 0.717) is 6.42 Å². The molecule has 1 aliphatic heterocycles. The lowest BCUT2D eigenvalue weighted by molar-refractivity contribution is 0.414. The molecule has 4 rings (SSSR count). The summed E-state index contributed by atoms with van der Waals surface area (Å²) in [6, 6.07) is 22.1. The van der Waals surface area contributed by atoms with Gasteiger partial charge in [0.1, 0.15) is 5.75 Å². The molecule has 0 spiro atoms. The Morgan fingerprint density at radius 3 is 2.34 bits per heavy atom. The second-order valence-electron chi connectivity index (χ2n) is 7.30. The molecular formula is C23H24N2O3S. The van der Waals surface area contributed by atoms with Crippen LogP contribution in [0, 0.1) is 6.92 Å². The van der Waals surface area contributed by atoms with Gasteiger partial charge in [-0.25, -0.2) is 13.1 Å². The van der Waals surface area contributed by atoms with Crippen LogP contribution in [0.4, 0.5) is 5.69 Å². The SMILES string of the molecule is COc1ccc([C@H]2Nc3ccccc3C[C@H]2NS(=O)(=O)c2ccc(C)cc2)cc1. The predicted molar refractivity (Wildman–Crippen MR) is 115 cm³/mol. The molecule has 0 radical (unpaired) electrons. The van der Waals surface area contributed by atoms with Crippen LogP contribution < -0.4 is 14.8 Å². The molecule has 0 aromatic heterocycles. The van der Waals surface area contributed by atoms with Crippen LogP contribution in [0.1, 0.15) is 22.7 Å². The first-order chi connectivity index (χ1) is 14.0. The summed E-state index contributed by atoms with van der Waals surface area (Å²) in [7, 11) is -2.02. The van der Waals surface area contributed by atoms with E-state index in [1.54, 1.807) is 19.2 Å². The van der Waals surface area contributed by atoms with Crippen molar-refractivity contribution in [2.45, 2.75) is 30.3 Å². The van der Waals surface area contributed by atoms with Crippen molar-refractivity contribution >= 4 is 15.7 Å². The van der Waals surface area contributed by atoms with Crippen LogP contribution in [0.3, 0.4) is 0 Å². The molecule has 6 heteroatoms. The van der Waals surface area contributed by atoms with Crippen molar-refractivity contribution in [2.24, 2.45) is 0 Å². The number of benzene rings is 3. The van der Waals surface area contributed by atoms with Crippen LogP contribution in [0.5, 0.6) is 5.75 Å². The summed E-state index contributed by atoms with van der Waals surface area (Å²) >= 11 is 0. The molecule has 29 heavy (non-hydrogen) atoms. The van der Waals surface area contributed by atoms with Crippen LogP contribution in [-0.2, 0) is 16.4 Å². The Bertz CT molecular complexity index is 1090. The number of nitrogens with one attached hydrogen (secondary N) is 2. The van der Waals surface area contributed by atoms with E-state index in [9.17, 15) is 8.42 Å². The van der Waals surface area contributed by atoms with Crippen LogP contribution in [-0.4, -0.2) is 21.6 Å². The molecule has 0 fully saturated rings. The average Bonchev–Trinajstić information content (AvgIpc) is 2.73. The first-order valence-electron chi connectivity index (χ1n) is 9.54. The van der Waals surface area contributed by atoms with Gasteiger partial charge >= 0.3 is 0 Å². The van der Waals surface area contributed by atoms with Crippen LogP contribution in [0.15, 0.2) is 77.7 Å². The third-order valence-electron chi connectivity index (χ3n) is 5.28. The van der Waals surface area contributed by atoms with Crippen molar-refractivity contribution in [3.63, 3.8) is 0 Å². The smallest absolute Gasteiger partial charge is 0.240 e. The van der Waals surface area contributed by atoms with E-state index in [0.717, 1.165) is 28.1 Å². The summed E-state index contributed by atoms with van der Waals surface area (Å²) in [5, 5.41) is 3.52. The molecule has 0 saturated heterocycles. The molecule has 3 aromatic rings. The zero-order chi connectivity index (χ0) is 20.4. The minimum absolute atomic E-state index is 0.198. The summed E-state index contributed by atoms with van der Waals surface area (Å²) in [6.45, 7) is 1.94. The zero-order valence-electron chi connectivity index (χ0n) is 16.4. The van der Waals surface area contributed by atoms with E-state index in [-0.39, 0.29) is 17.0 Å². The van der Waals surface area contributed by atoms with Crippen LogP contribution >= 0.6 is 0 Å². The van der Waals surface area contributed by atoms with Crippen molar-refractivity contribution in [2.75, 3.05) is 12.4 Å². The molecule has 150 valence electrons. The van der Waals surface area contributed by atoms with Crippen LogP contribution in [0.25, 0.3) is 0 Å². The highest BCUT2D eigenvalue weighted by Crippen LogP contribution is 2.34. The lowest BCUT2D eigenvalue weighted by atomic mass is 9.89. The number of sulfonamides is 1. The molecule has 2 atom stereocenters. The number of anilines is 1.